The number of carbonyl (C=O) groups excluding carboxylic acids is 2. The Morgan fingerprint density at radius 3 is 2.19 bits per heavy atom. The molecule has 1 aliphatic rings. The maximum Gasteiger partial charge on any atom is 0.315 e. The number of nitro groups is 2. The largest absolute Gasteiger partial charge is 0.468 e. The van der Waals surface area contributed by atoms with Crippen molar-refractivity contribution in [3.8, 4) is 0 Å². The van der Waals surface area contributed by atoms with Gasteiger partial charge < -0.3 is 14.4 Å². The van der Waals surface area contributed by atoms with Crippen molar-refractivity contribution in [3.63, 3.8) is 0 Å². The summed E-state index contributed by atoms with van der Waals surface area (Å²) in [4.78, 5) is 46.4. The summed E-state index contributed by atoms with van der Waals surface area (Å²) < 4.78 is 9.58. The molecule has 0 radical (unpaired) electrons. The molecule has 1 heterocycles. The summed E-state index contributed by atoms with van der Waals surface area (Å²) in [5.74, 6) is -1.56. The monoisotopic (exact) mass is 385 g/mol. The van der Waals surface area contributed by atoms with Gasteiger partial charge in [-0.3, -0.25) is 29.8 Å². The minimum atomic E-state index is -0.844. The van der Waals surface area contributed by atoms with Crippen molar-refractivity contribution >= 4 is 35.0 Å². The molecule has 1 aromatic rings. The van der Waals surface area contributed by atoms with Crippen molar-refractivity contribution in [2.24, 2.45) is 0 Å². The molecule has 0 spiro atoms. The number of morpholine rings is 1. The topological polar surface area (TPSA) is 142 Å². The van der Waals surface area contributed by atoms with Gasteiger partial charge in [0.2, 0.25) is 0 Å². The molecular formula is C14H15N3O8S. The molecule has 12 heteroatoms. The molecule has 0 saturated carbocycles. The molecule has 11 nitrogen and oxygen atoms in total. The van der Waals surface area contributed by atoms with Crippen LogP contribution in [0, 0.1) is 20.2 Å². The molecule has 140 valence electrons. The van der Waals surface area contributed by atoms with Gasteiger partial charge >= 0.3 is 5.97 Å². The minimum Gasteiger partial charge on any atom is -0.468 e. The van der Waals surface area contributed by atoms with E-state index < -0.39 is 38.7 Å². The van der Waals surface area contributed by atoms with Crippen LogP contribution in [0.2, 0.25) is 0 Å². The van der Waals surface area contributed by atoms with Crippen molar-refractivity contribution < 1.29 is 28.9 Å². The molecule has 0 N–H and O–H groups in total. The zero-order valence-electron chi connectivity index (χ0n) is 13.7. The van der Waals surface area contributed by atoms with Crippen LogP contribution in [0.25, 0.3) is 0 Å². The molecule has 1 amide bonds. The number of rotatable bonds is 6. The van der Waals surface area contributed by atoms with E-state index in [1.165, 1.54) is 12.0 Å². The molecule has 2 rings (SSSR count). The Labute approximate surface area is 151 Å². The van der Waals surface area contributed by atoms with Gasteiger partial charge in [-0.05, 0) is 0 Å². The molecular weight excluding hydrogens is 370 g/mol. The van der Waals surface area contributed by atoms with Crippen LogP contribution in [0.1, 0.15) is 10.4 Å². The first-order chi connectivity index (χ1) is 12.3. The van der Waals surface area contributed by atoms with E-state index in [2.05, 4.69) is 4.74 Å². The van der Waals surface area contributed by atoms with E-state index in [1.54, 1.807) is 0 Å². The number of benzene rings is 1. The fourth-order valence-electron chi connectivity index (χ4n) is 2.30. The maximum absolute atomic E-state index is 12.7. The first kappa shape index (κ1) is 19.6. The Morgan fingerprint density at radius 1 is 1.19 bits per heavy atom. The summed E-state index contributed by atoms with van der Waals surface area (Å²) in [6.45, 7) is 0.874. The second kappa shape index (κ2) is 8.58. The molecule has 1 fully saturated rings. The van der Waals surface area contributed by atoms with E-state index in [4.69, 9.17) is 4.74 Å². The van der Waals surface area contributed by atoms with Gasteiger partial charge in [-0.15, -0.1) is 11.8 Å². The lowest BCUT2D eigenvalue weighted by Crippen LogP contribution is -2.41. The molecule has 1 aliphatic heterocycles. The third-order valence-electron chi connectivity index (χ3n) is 3.56. The van der Waals surface area contributed by atoms with E-state index in [0.717, 1.165) is 23.9 Å². The highest BCUT2D eigenvalue weighted by Gasteiger charge is 2.35. The third-order valence-corrected chi connectivity index (χ3v) is 4.51. The number of amides is 1. The van der Waals surface area contributed by atoms with Crippen molar-refractivity contribution in [1.29, 1.82) is 0 Å². The van der Waals surface area contributed by atoms with Gasteiger partial charge in [0.15, 0.2) is 5.56 Å². The van der Waals surface area contributed by atoms with Crippen LogP contribution in [0.15, 0.2) is 17.0 Å². The summed E-state index contributed by atoms with van der Waals surface area (Å²) in [6, 6.07) is 2.10. The predicted molar refractivity (Wildman–Crippen MR) is 89.2 cm³/mol. The number of nitrogens with zero attached hydrogens (tertiary/aromatic N) is 3. The van der Waals surface area contributed by atoms with Gasteiger partial charge in [-0.25, -0.2) is 0 Å². The highest BCUT2D eigenvalue weighted by Crippen LogP contribution is 2.35. The quantitative estimate of drug-likeness (QED) is 0.306. The molecule has 0 unspecified atom stereocenters. The smallest absolute Gasteiger partial charge is 0.315 e. The Kier molecular flexibility index (Phi) is 6.46. The normalized spacial score (nSPS) is 14.0. The van der Waals surface area contributed by atoms with Crippen LogP contribution >= 0.6 is 11.8 Å². The number of methoxy groups -OCH3 is 1. The average molecular weight is 385 g/mol. The zero-order chi connectivity index (χ0) is 19.3. The first-order valence-electron chi connectivity index (χ1n) is 7.38. The molecule has 0 bridgehead atoms. The number of thioether (sulfide) groups is 1. The summed E-state index contributed by atoms with van der Waals surface area (Å²) in [7, 11) is 1.18. The third kappa shape index (κ3) is 4.46. The standard InChI is InChI=1S/C14H15N3O8S/c1-24-12(18)8-26-9-6-10(16(20)21)13(11(7-9)17(22)23)14(19)15-2-4-25-5-3-15/h6-7H,2-5,8H2,1H3. The lowest BCUT2D eigenvalue weighted by atomic mass is 10.1. The molecule has 1 saturated heterocycles. The fourth-order valence-corrected chi connectivity index (χ4v) is 3.10. The second-order valence-corrected chi connectivity index (χ2v) is 6.17. The summed E-state index contributed by atoms with van der Waals surface area (Å²) in [5.41, 5.74) is -1.93. The Bertz CT molecular complexity index is 713. The van der Waals surface area contributed by atoms with E-state index in [9.17, 15) is 29.8 Å². The number of hydrogen-bond donors (Lipinski definition) is 0. The summed E-state index contributed by atoms with van der Waals surface area (Å²) >= 11 is 0.844. The van der Waals surface area contributed by atoms with E-state index in [1.807, 2.05) is 0 Å². The number of hydrogen-bond acceptors (Lipinski definition) is 9. The van der Waals surface area contributed by atoms with Crippen molar-refractivity contribution in [2.45, 2.75) is 4.90 Å². The van der Waals surface area contributed by atoms with Crippen molar-refractivity contribution in [3.05, 3.63) is 37.9 Å². The van der Waals surface area contributed by atoms with Crippen LogP contribution in [-0.2, 0) is 14.3 Å². The Morgan fingerprint density at radius 2 is 1.73 bits per heavy atom. The summed E-state index contributed by atoms with van der Waals surface area (Å²) in [6.07, 6.45) is 0. The highest BCUT2D eigenvalue weighted by atomic mass is 32.2. The fraction of sp³-hybridized carbons (Fsp3) is 0.429. The van der Waals surface area contributed by atoms with Gasteiger partial charge in [0.25, 0.3) is 17.3 Å². The zero-order valence-corrected chi connectivity index (χ0v) is 14.5. The number of ether oxygens (including phenoxy) is 2. The lowest BCUT2D eigenvalue weighted by Gasteiger charge is -2.26. The van der Waals surface area contributed by atoms with Gasteiger partial charge in [-0.1, -0.05) is 0 Å². The van der Waals surface area contributed by atoms with Crippen LogP contribution in [0.3, 0.4) is 0 Å². The van der Waals surface area contributed by atoms with E-state index >= 15 is 0 Å². The van der Waals surface area contributed by atoms with Crippen molar-refractivity contribution in [2.75, 3.05) is 39.2 Å². The molecule has 26 heavy (non-hydrogen) atoms. The van der Waals surface area contributed by atoms with Crippen LogP contribution < -0.4 is 0 Å². The Hall–Kier alpha value is -2.73. The predicted octanol–water partition coefficient (Wildman–Crippen LogP) is 1.24. The van der Waals surface area contributed by atoms with E-state index in [0.29, 0.717) is 0 Å². The van der Waals surface area contributed by atoms with E-state index in [-0.39, 0.29) is 37.0 Å². The maximum atomic E-state index is 12.7. The van der Waals surface area contributed by atoms with Crippen LogP contribution in [0.4, 0.5) is 11.4 Å². The number of carbonyl (C=O) groups is 2. The van der Waals surface area contributed by atoms with Gasteiger partial charge in [0, 0.05) is 30.1 Å². The molecule has 0 atom stereocenters. The number of esters is 1. The summed E-state index contributed by atoms with van der Waals surface area (Å²) in [5, 5.41) is 22.8. The minimum absolute atomic E-state index is 0.118. The molecule has 0 aliphatic carbocycles. The average Bonchev–Trinajstić information content (AvgIpc) is 2.65. The van der Waals surface area contributed by atoms with Gasteiger partial charge in [0.1, 0.15) is 0 Å². The van der Waals surface area contributed by atoms with Crippen molar-refractivity contribution in [1.82, 2.24) is 4.90 Å². The Balaban J connectivity index is 2.47. The molecule has 1 aromatic carbocycles. The SMILES string of the molecule is COC(=O)CSc1cc([N+](=O)[O-])c(C(=O)N2CCOCC2)c([N+](=O)[O-])c1. The van der Waals surface area contributed by atoms with Gasteiger partial charge in [-0.2, -0.15) is 0 Å². The second-order valence-electron chi connectivity index (χ2n) is 5.12. The number of nitro benzene ring substituents is 2. The van der Waals surface area contributed by atoms with Crippen LogP contribution in [-0.4, -0.2) is 65.8 Å². The lowest BCUT2D eigenvalue weighted by molar-refractivity contribution is -0.395. The molecule has 0 aromatic heterocycles. The van der Waals surface area contributed by atoms with Crippen LogP contribution in [0.5, 0.6) is 0 Å². The first-order valence-corrected chi connectivity index (χ1v) is 8.37. The van der Waals surface area contributed by atoms with Gasteiger partial charge in [0.05, 0.1) is 35.9 Å². The highest BCUT2D eigenvalue weighted by molar-refractivity contribution is 8.00.